The van der Waals surface area contributed by atoms with Crippen molar-refractivity contribution in [3.8, 4) is 28.3 Å². The van der Waals surface area contributed by atoms with Crippen LogP contribution in [0.4, 0.5) is 10.5 Å². The average Bonchev–Trinajstić information content (AvgIpc) is 3.69. The van der Waals surface area contributed by atoms with E-state index in [4.69, 9.17) is 28.2 Å². The summed E-state index contributed by atoms with van der Waals surface area (Å²) in [5.41, 5.74) is 3.33. The van der Waals surface area contributed by atoms with Gasteiger partial charge in [-0.3, -0.25) is 19.7 Å². The van der Waals surface area contributed by atoms with Crippen LogP contribution in [0.2, 0.25) is 10.2 Å². The van der Waals surface area contributed by atoms with Crippen LogP contribution in [0, 0.1) is 0 Å². The number of nitrogens with zero attached hydrogens (tertiary/aromatic N) is 7. The van der Waals surface area contributed by atoms with Gasteiger partial charge >= 0.3 is 6.09 Å². The summed E-state index contributed by atoms with van der Waals surface area (Å²) in [4.78, 5) is 41.8. The molecule has 4 aromatic heterocycles. The normalized spacial score (nSPS) is 14.3. The van der Waals surface area contributed by atoms with Gasteiger partial charge in [-0.05, 0) is 36.8 Å². The van der Waals surface area contributed by atoms with Crippen molar-refractivity contribution in [3.05, 3.63) is 87.2 Å². The van der Waals surface area contributed by atoms with E-state index in [-0.39, 0.29) is 16.8 Å². The number of fused-ring (bicyclic) bond motifs is 1. The van der Waals surface area contributed by atoms with E-state index < -0.39 is 6.09 Å². The molecule has 0 unspecified atom stereocenters. The molecule has 1 amide bonds. The lowest BCUT2D eigenvalue weighted by molar-refractivity contribution is 0.187. The van der Waals surface area contributed by atoms with Crippen LogP contribution in [0.15, 0.2) is 59.8 Å². The smallest absolute Gasteiger partial charge is 0.411 e. The van der Waals surface area contributed by atoms with E-state index in [2.05, 4.69) is 35.3 Å². The number of hydrogen-bond donors (Lipinski definition) is 2. The molecule has 0 radical (unpaired) electrons. The number of pyridine rings is 1. The number of amides is 1. The first-order valence-corrected chi connectivity index (χ1v) is 12.5. The Morgan fingerprint density at radius 2 is 2.00 bits per heavy atom. The third-order valence-electron chi connectivity index (χ3n) is 6.31. The van der Waals surface area contributed by atoms with Crippen LogP contribution in [0.1, 0.15) is 24.1 Å². The van der Waals surface area contributed by atoms with Gasteiger partial charge in [0.1, 0.15) is 11.6 Å². The average molecular weight is 564 g/mol. The lowest BCUT2D eigenvalue weighted by atomic mass is 10.1. The molecule has 0 aliphatic carbocycles. The van der Waals surface area contributed by atoms with Crippen molar-refractivity contribution in [2.24, 2.45) is 0 Å². The fraction of sp³-hybridized carbons (Fsp3) is 0.160. The number of hydrogen-bond acceptors (Lipinski definition) is 8. The van der Waals surface area contributed by atoms with Crippen LogP contribution >= 0.6 is 23.2 Å². The molecule has 1 aromatic carbocycles. The molecular formula is C25H19Cl2N9O3. The molecule has 14 heteroatoms. The molecule has 0 spiro atoms. The van der Waals surface area contributed by atoms with E-state index in [1.807, 2.05) is 0 Å². The second-order valence-electron chi connectivity index (χ2n) is 8.70. The number of imidazole rings is 1. The van der Waals surface area contributed by atoms with Gasteiger partial charge in [-0.25, -0.2) is 19.4 Å². The molecule has 6 rings (SSSR count). The number of benzene rings is 1. The summed E-state index contributed by atoms with van der Waals surface area (Å²) in [7, 11) is 1.29. The molecule has 1 aliphatic heterocycles. The van der Waals surface area contributed by atoms with Crippen molar-refractivity contribution >= 4 is 35.0 Å². The topological polar surface area (TPSA) is 146 Å². The van der Waals surface area contributed by atoms with Gasteiger partial charge in [0.25, 0.3) is 5.56 Å². The van der Waals surface area contributed by atoms with Gasteiger partial charge in [-0.2, -0.15) is 0 Å². The summed E-state index contributed by atoms with van der Waals surface area (Å²) >= 11 is 12.3. The number of ether oxygens (including phenoxy) is 1. The van der Waals surface area contributed by atoms with Crippen molar-refractivity contribution < 1.29 is 9.53 Å². The van der Waals surface area contributed by atoms with Crippen molar-refractivity contribution in [3.63, 3.8) is 0 Å². The van der Waals surface area contributed by atoms with Crippen LogP contribution in [-0.4, -0.2) is 52.7 Å². The third-order valence-corrected chi connectivity index (χ3v) is 6.72. The Labute approximate surface area is 230 Å². The number of aromatic amines is 1. The van der Waals surface area contributed by atoms with Crippen LogP contribution in [0.5, 0.6) is 0 Å². The first kappa shape index (κ1) is 24.8. The minimum absolute atomic E-state index is 0.214. The highest BCUT2D eigenvalue weighted by Crippen LogP contribution is 2.32. The van der Waals surface area contributed by atoms with Crippen molar-refractivity contribution in [1.29, 1.82) is 0 Å². The second kappa shape index (κ2) is 9.97. The van der Waals surface area contributed by atoms with Crippen molar-refractivity contribution in [2.75, 3.05) is 12.4 Å². The Morgan fingerprint density at radius 1 is 1.13 bits per heavy atom. The predicted molar refractivity (Wildman–Crippen MR) is 143 cm³/mol. The maximum atomic E-state index is 13.4. The molecular weight excluding hydrogens is 545 g/mol. The second-order valence-corrected chi connectivity index (χ2v) is 9.52. The molecule has 2 N–H and O–H groups in total. The van der Waals surface area contributed by atoms with Gasteiger partial charge < -0.3 is 9.72 Å². The summed E-state index contributed by atoms with van der Waals surface area (Å²) in [6.45, 7) is 0. The number of carbonyl (C=O) groups excluding carboxylic acids is 1. The molecule has 0 saturated carbocycles. The number of rotatable bonds is 5. The highest BCUT2D eigenvalue weighted by molar-refractivity contribution is 6.31. The van der Waals surface area contributed by atoms with Gasteiger partial charge in [0.2, 0.25) is 0 Å². The highest BCUT2D eigenvalue weighted by atomic mass is 35.5. The minimum atomic E-state index is -0.579. The zero-order valence-corrected chi connectivity index (χ0v) is 21.8. The number of anilines is 1. The number of H-pyrrole nitrogens is 1. The molecule has 39 heavy (non-hydrogen) atoms. The number of aromatic nitrogens is 8. The number of aryl methyl sites for hydroxylation is 1. The van der Waals surface area contributed by atoms with E-state index >= 15 is 0 Å². The number of carbonyl (C=O) groups is 1. The van der Waals surface area contributed by atoms with Gasteiger partial charge in [0.05, 0.1) is 60.2 Å². The molecule has 0 fully saturated rings. The Bertz CT molecular complexity index is 1760. The van der Waals surface area contributed by atoms with Crippen LogP contribution in [0.3, 0.4) is 0 Å². The number of methoxy groups -OCH3 is 1. The van der Waals surface area contributed by atoms with E-state index in [0.717, 1.165) is 0 Å². The number of halogens is 2. The zero-order valence-electron chi connectivity index (χ0n) is 20.3. The molecule has 0 bridgehead atoms. The molecule has 196 valence electrons. The molecule has 1 atom stereocenters. The SMILES string of the molecule is COC(=O)Nc1ccc(-c2cnc([C@@H]3CCc4nc(-c5cc(Cl)ccc5-n5cc(Cl)nn5)cc(=O)n43)[nH]2)nc1. The molecule has 5 aromatic rings. The van der Waals surface area contributed by atoms with E-state index in [9.17, 15) is 9.59 Å². The Kier molecular flexibility index (Phi) is 6.33. The predicted octanol–water partition coefficient (Wildman–Crippen LogP) is 4.30. The molecule has 0 saturated heterocycles. The quantitative estimate of drug-likeness (QED) is 0.322. The molecule has 5 heterocycles. The van der Waals surface area contributed by atoms with Gasteiger partial charge in [-0.15, -0.1) is 5.10 Å². The first-order valence-electron chi connectivity index (χ1n) is 11.8. The fourth-order valence-electron chi connectivity index (χ4n) is 4.55. The van der Waals surface area contributed by atoms with Crippen molar-refractivity contribution in [2.45, 2.75) is 18.9 Å². The standard InChI is InChI=1S/C25H19Cl2N9O3/c1-39-25(38)30-14-3-4-16(28-10-14)18-11-29-24(32-18)20-6-7-22-31-17(9-23(37)36(20)22)15-8-13(26)2-5-19(15)35-12-21(27)33-34-35/h2-5,8-12,20H,6-7H2,1H3,(H,29,32)(H,30,38)/t20-/m0/s1. The van der Waals surface area contributed by atoms with Crippen LogP contribution in [-0.2, 0) is 11.2 Å². The monoisotopic (exact) mass is 563 g/mol. The highest BCUT2D eigenvalue weighted by Gasteiger charge is 2.29. The first-order chi connectivity index (χ1) is 18.9. The maximum absolute atomic E-state index is 13.4. The number of nitrogens with one attached hydrogen (secondary N) is 2. The summed E-state index contributed by atoms with van der Waals surface area (Å²) in [6.07, 6.45) is 5.40. The van der Waals surface area contributed by atoms with E-state index in [0.29, 0.717) is 63.5 Å². The van der Waals surface area contributed by atoms with Gasteiger partial charge in [0, 0.05) is 23.1 Å². The largest absolute Gasteiger partial charge is 0.453 e. The Balaban J connectivity index is 1.30. The summed E-state index contributed by atoms with van der Waals surface area (Å²) in [5.74, 6) is 1.26. The lowest BCUT2D eigenvalue weighted by Crippen LogP contribution is -2.25. The van der Waals surface area contributed by atoms with E-state index in [1.165, 1.54) is 24.1 Å². The lowest BCUT2D eigenvalue weighted by Gasteiger charge is -2.14. The summed E-state index contributed by atoms with van der Waals surface area (Å²) < 4.78 is 7.75. The summed E-state index contributed by atoms with van der Waals surface area (Å²) in [5, 5.41) is 11.2. The fourth-order valence-corrected chi connectivity index (χ4v) is 4.85. The van der Waals surface area contributed by atoms with Gasteiger partial charge in [-0.1, -0.05) is 28.4 Å². The molecule has 1 aliphatic rings. The Hall–Kier alpha value is -4.55. The zero-order chi connectivity index (χ0) is 27.1. The van der Waals surface area contributed by atoms with Gasteiger partial charge in [0.15, 0.2) is 5.15 Å². The van der Waals surface area contributed by atoms with E-state index in [1.54, 1.807) is 47.3 Å². The minimum Gasteiger partial charge on any atom is -0.453 e. The van der Waals surface area contributed by atoms with Crippen LogP contribution < -0.4 is 10.9 Å². The third kappa shape index (κ3) is 4.75. The summed E-state index contributed by atoms with van der Waals surface area (Å²) in [6, 6.07) is 9.85. The van der Waals surface area contributed by atoms with Crippen molar-refractivity contribution in [1.82, 2.24) is 39.5 Å². The maximum Gasteiger partial charge on any atom is 0.411 e. The Morgan fingerprint density at radius 3 is 2.74 bits per heavy atom. The molecule has 12 nitrogen and oxygen atoms in total. The van der Waals surface area contributed by atoms with Crippen LogP contribution in [0.25, 0.3) is 28.3 Å².